The number of nitrogens with zero attached hydrogens (tertiary/aromatic N) is 1. The molecule has 1 fully saturated rings. The van der Waals surface area contributed by atoms with E-state index in [9.17, 15) is 4.79 Å². The van der Waals surface area contributed by atoms with E-state index >= 15 is 0 Å². The molecule has 1 aromatic carbocycles. The van der Waals surface area contributed by atoms with Gasteiger partial charge >= 0.3 is 0 Å². The van der Waals surface area contributed by atoms with Gasteiger partial charge in [0, 0.05) is 29.1 Å². The summed E-state index contributed by atoms with van der Waals surface area (Å²) in [4.78, 5) is 15.2. The molecule has 2 nitrogen and oxygen atoms in total. The van der Waals surface area contributed by atoms with Crippen molar-refractivity contribution < 1.29 is 4.79 Å². The standard InChI is InChI=1S/C16H16ClNOS2/c17-13-5-2-1-4-12(13)14-7-8-18(9-11-21-14)16(19)15-6-3-10-20-15/h1-6,10,14H,7-9,11H2. The van der Waals surface area contributed by atoms with Gasteiger partial charge in [-0.15, -0.1) is 11.3 Å². The number of thiophene rings is 1. The lowest BCUT2D eigenvalue weighted by atomic mass is 10.1. The van der Waals surface area contributed by atoms with Crippen LogP contribution in [-0.2, 0) is 0 Å². The summed E-state index contributed by atoms with van der Waals surface area (Å²) in [5.74, 6) is 1.11. The van der Waals surface area contributed by atoms with Crippen molar-refractivity contribution in [3.8, 4) is 0 Å². The van der Waals surface area contributed by atoms with Gasteiger partial charge in [-0.25, -0.2) is 0 Å². The van der Waals surface area contributed by atoms with Gasteiger partial charge in [-0.05, 0) is 29.5 Å². The second-order valence-electron chi connectivity index (χ2n) is 4.94. The normalized spacial score (nSPS) is 19.3. The minimum absolute atomic E-state index is 0.158. The molecule has 0 saturated carbocycles. The molecule has 1 aliphatic heterocycles. The maximum absolute atomic E-state index is 12.4. The van der Waals surface area contributed by atoms with Crippen molar-refractivity contribution in [1.82, 2.24) is 4.90 Å². The molecule has 1 unspecified atom stereocenters. The lowest BCUT2D eigenvalue weighted by molar-refractivity contribution is 0.0771. The van der Waals surface area contributed by atoms with E-state index in [1.807, 2.05) is 52.4 Å². The molecule has 21 heavy (non-hydrogen) atoms. The number of thioether (sulfide) groups is 1. The van der Waals surface area contributed by atoms with Gasteiger partial charge in [0.1, 0.15) is 0 Å². The Morgan fingerprint density at radius 1 is 1.19 bits per heavy atom. The van der Waals surface area contributed by atoms with Crippen LogP contribution in [0, 0.1) is 0 Å². The summed E-state index contributed by atoms with van der Waals surface area (Å²) in [5, 5.41) is 3.15. The highest BCUT2D eigenvalue weighted by Crippen LogP contribution is 2.38. The Hall–Kier alpha value is -0.970. The van der Waals surface area contributed by atoms with Crippen LogP contribution in [-0.4, -0.2) is 29.6 Å². The second kappa shape index (κ2) is 6.86. The van der Waals surface area contributed by atoms with E-state index in [0.29, 0.717) is 5.25 Å². The van der Waals surface area contributed by atoms with E-state index in [1.54, 1.807) is 0 Å². The van der Waals surface area contributed by atoms with Crippen LogP contribution in [0.1, 0.15) is 26.9 Å². The summed E-state index contributed by atoms with van der Waals surface area (Å²) in [6.45, 7) is 1.60. The smallest absolute Gasteiger partial charge is 0.263 e. The molecule has 1 saturated heterocycles. The SMILES string of the molecule is O=C(c1cccs1)N1CCSC(c2ccccc2Cl)CC1. The molecule has 110 valence electrons. The van der Waals surface area contributed by atoms with Crippen molar-refractivity contribution in [1.29, 1.82) is 0 Å². The fourth-order valence-corrected chi connectivity index (χ4v) is 4.80. The van der Waals surface area contributed by atoms with E-state index in [2.05, 4.69) is 6.07 Å². The van der Waals surface area contributed by atoms with Crippen LogP contribution in [0.3, 0.4) is 0 Å². The topological polar surface area (TPSA) is 20.3 Å². The van der Waals surface area contributed by atoms with Gasteiger partial charge in [-0.2, -0.15) is 11.8 Å². The number of benzene rings is 1. The minimum Gasteiger partial charge on any atom is -0.337 e. The number of amides is 1. The molecule has 3 rings (SSSR count). The van der Waals surface area contributed by atoms with Gasteiger partial charge in [-0.3, -0.25) is 4.79 Å². The number of carbonyl (C=O) groups excluding carboxylic acids is 1. The maximum Gasteiger partial charge on any atom is 0.263 e. The molecule has 0 N–H and O–H groups in total. The third-order valence-corrected chi connectivity index (χ3v) is 6.13. The Morgan fingerprint density at radius 3 is 2.81 bits per heavy atom. The van der Waals surface area contributed by atoms with E-state index in [-0.39, 0.29) is 5.91 Å². The fraction of sp³-hybridized carbons (Fsp3) is 0.312. The van der Waals surface area contributed by atoms with E-state index in [4.69, 9.17) is 11.6 Å². The number of hydrogen-bond donors (Lipinski definition) is 0. The quantitative estimate of drug-likeness (QED) is 0.790. The summed E-state index contributed by atoms with van der Waals surface area (Å²) >= 11 is 9.71. The number of carbonyl (C=O) groups is 1. The fourth-order valence-electron chi connectivity index (χ4n) is 2.51. The zero-order chi connectivity index (χ0) is 14.7. The van der Waals surface area contributed by atoms with E-state index in [0.717, 1.165) is 35.2 Å². The summed E-state index contributed by atoms with van der Waals surface area (Å²) in [6.07, 6.45) is 0.950. The van der Waals surface area contributed by atoms with Crippen molar-refractivity contribution >= 4 is 40.6 Å². The molecule has 1 aliphatic rings. The van der Waals surface area contributed by atoms with E-state index in [1.165, 1.54) is 16.9 Å². The minimum atomic E-state index is 0.158. The summed E-state index contributed by atoms with van der Waals surface area (Å²) in [7, 11) is 0. The molecule has 5 heteroatoms. The first-order chi connectivity index (χ1) is 10.3. The predicted octanol–water partition coefficient (Wildman–Crippen LogP) is 4.72. The van der Waals surface area contributed by atoms with Crippen LogP contribution < -0.4 is 0 Å². The first-order valence-electron chi connectivity index (χ1n) is 6.94. The lowest BCUT2D eigenvalue weighted by Gasteiger charge is -2.19. The molecule has 0 aliphatic carbocycles. The zero-order valence-corrected chi connectivity index (χ0v) is 13.9. The molecular formula is C16H16ClNOS2. The van der Waals surface area contributed by atoms with Crippen LogP contribution in [0.15, 0.2) is 41.8 Å². The van der Waals surface area contributed by atoms with Crippen LogP contribution in [0.4, 0.5) is 0 Å². The number of halogens is 1. The van der Waals surface area contributed by atoms with Gasteiger partial charge in [0.05, 0.1) is 4.88 Å². The average Bonchev–Trinajstić information content (AvgIpc) is 2.92. The molecule has 2 heterocycles. The summed E-state index contributed by atoms with van der Waals surface area (Å²) in [5.41, 5.74) is 1.19. The molecular weight excluding hydrogens is 322 g/mol. The number of hydrogen-bond acceptors (Lipinski definition) is 3. The molecule has 0 radical (unpaired) electrons. The van der Waals surface area contributed by atoms with Gasteiger partial charge < -0.3 is 4.90 Å². The summed E-state index contributed by atoms with van der Waals surface area (Å²) in [6, 6.07) is 11.8. The second-order valence-corrected chi connectivity index (χ2v) is 7.60. The first kappa shape index (κ1) is 14.9. The van der Waals surface area contributed by atoms with Gasteiger partial charge in [0.2, 0.25) is 0 Å². The summed E-state index contributed by atoms with van der Waals surface area (Å²) < 4.78 is 0. The average molecular weight is 338 g/mol. The highest BCUT2D eigenvalue weighted by Gasteiger charge is 2.24. The van der Waals surface area contributed by atoms with Crippen LogP contribution in [0.5, 0.6) is 0 Å². The Kier molecular flexibility index (Phi) is 4.88. The molecule has 1 aromatic heterocycles. The van der Waals surface area contributed by atoms with Crippen molar-refractivity contribution in [2.24, 2.45) is 0 Å². The predicted molar refractivity (Wildman–Crippen MR) is 91.5 cm³/mol. The Balaban J connectivity index is 1.70. The van der Waals surface area contributed by atoms with Crippen LogP contribution in [0.2, 0.25) is 5.02 Å². The third-order valence-electron chi connectivity index (χ3n) is 3.61. The van der Waals surface area contributed by atoms with Crippen LogP contribution >= 0.6 is 34.7 Å². The maximum atomic E-state index is 12.4. The molecule has 0 bridgehead atoms. The molecule has 2 aromatic rings. The largest absolute Gasteiger partial charge is 0.337 e. The zero-order valence-electron chi connectivity index (χ0n) is 11.5. The van der Waals surface area contributed by atoms with Crippen molar-refractivity contribution in [3.63, 3.8) is 0 Å². The molecule has 0 spiro atoms. The van der Waals surface area contributed by atoms with Crippen molar-refractivity contribution in [3.05, 3.63) is 57.2 Å². The Bertz CT molecular complexity index is 614. The van der Waals surface area contributed by atoms with Gasteiger partial charge in [-0.1, -0.05) is 35.9 Å². The van der Waals surface area contributed by atoms with E-state index < -0.39 is 0 Å². The Morgan fingerprint density at radius 2 is 2.05 bits per heavy atom. The highest BCUT2D eigenvalue weighted by atomic mass is 35.5. The monoisotopic (exact) mass is 337 g/mol. The first-order valence-corrected chi connectivity index (χ1v) is 9.25. The van der Waals surface area contributed by atoms with Gasteiger partial charge in [0.15, 0.2) is 0 Å². The van der Waals surface area contributed by atoms with Crippen LogP contribution in [0.25, 0.3) is 0 Å². The third kappa shape index (κ3) is 3.44. The van der Waals surface area contributed by atoms with Crippen molar-refractivity contribution in [2.75, 3.05) is 18.8 Å². The van der Waals surface area contributed by atoms with Crippen molar-refractivity contribution in [2.45, 2.75) is 11.7 Å². The number of rotatable bonds is 2. The molecule has 1 atom stereocenters. The lowest BCUT2D eigenvalue weighted by Crippen LogP contribution is -2.32. The highest BCUT2D eigenvalue weighted by molar-refractivity contribution is 7.99. The molecule has 1 amide bonds. The van der Waals surface area contributed by atoms with Gasteiger partial charge in [0.25, 0.3) is 5.91 Å². The Labute approximate surface area is 138 Å².